The van der Waals surface area contributed by atoms with Gasteiger partial charge in [-0.05, 0) is 42.6 Å². The zero-order chi connectivity index (χ0) is 23.6. The monoisotopic (exact) mass is 468 g/mol. The lowest BCUT2D eigenvalue weighted by atomic mass is 10.2. The van der Waals surface area contributed by atoms with Crippen LogP contribution >= 0.6 is 0 Å². The summed E-state index contributed by atoms with van der Waals surface area (Å²) in [7, 11) is -4.28. The van der Waals surface area contributed by atoms with E-state index >= 15 is 0 Å². The number of fused-ring (bicyclic) bond motifs is 1. The predicted molar refractivity (Wildman–Crippen MR) is 122 cm³/mol. The van der Waals surface area contributed by atoms with Gasteiger partial charge in [0.1, 0.15) is 23.2 Å². The van der Waals surface area contributed by atoms with E-state index in [-0.39, 0.29) is 23.3 Å². The number of pyridine rings is 1. The zero-order valence-corrected chi connectivity index (χ0v) is 18.0. The summed E-state index contributed by atoms with van der Waals surface area (Å²) in [5.41, 5.74) is 1.37. The predicted octanol–water partition coefficient (Wildman–Crippen LogP) is 4.11. The van der Waals surface area contributed by atoms with Crippen molar-refractivity contribution >= 4 is 44.9 Å². The van der Waals surface area contributed by atoms with Crippen LogP contribution in [0.4, 0.5) is 20.3 Å². The second kappa shape index (κ2) is 8.91. The highest BCUT2D eigenvalue weighted by molar-refractivity contribution is 7.92. The lowest BCUT2D eigenvalue weighted by Crippen LogP contribution is -2.23. The molecule has 2 aromatic heterocycles. The van der Waals surface area contributed by atoms with Gasteiger partial charge < -0.3 is 9.88 Å². The fraction of sp³-hybridized carbons (Fsp3) is 0.0870. The Labute approximate surface area is 188 Å². The average molecular weight is 468 g/mol. The maximum absolute atomic E-state index is 14.7. The Kier molecular flexibility index (Phi) is 6.01. The number of nitrogens with one attached hydrogen (secondary N) is 1. The number of hydrogen-bond donors (Lipinski definition) is 1. The number of anilines is 1. The highest BCUT2D eigenvalue weighted by atomic mass is 32.2. The Morgan fingerprint density at radius 2 is 1.94 bits per heavy atom. The number of carbonyl (C=O) groups is 1. The summed E-state index contributed by atoms with van der Waals surface area (Å²) in [5, 5.41) is 2.12. The number of sulfone groups is 1. The Balaban J connectivity index is 1.73. The van der Waals surface area contributed by atoms with Crippen LogP contribution in [0.5, 0.6) is 0 Å². The Hall–Kier alpha value is -3.92. The van der Waals surface area contributed by atoms with Crippen molar-refractivity contribution in [3.8, 4) is 0 Å². The van der Waals surface area contributed by atoms with Crippen LogP contribution in [0.3, 0.4) is 0 Å². The van der Waals surface area contributed by atoms with Crippen molar-refractivity contribution in [1.29, 1.82) is 0 Å². The molecule has 1 N–H and O–H groups in total. The van der Waals surface area contributed by atoms with Gasteiger partial charge in [0.2, 0.25) is 5.91 Å². The summed E-state index contributed by atoms with van der Waals surface area (Å²) < 4.78 is 56.3. The van der Waals surface area contributed by atoms with Crippen molar-refractivity contribution in [2.75, 3.05) is 11.1 Å². The molecular weight excluding hydrogens is 450 g/mol. The van der Waals surface area contributed by atoms with Gasteiger partial charge in [0, 0.05) is 25.0 Å². The van der Waals surface area contributed by atoms with Crippen LogP contribution in [-0.4, -0.2) is 36.3 Å². The molecule has 0 radical (unpaired) electrons. The molecule has 0 aliphatic heterocycles. The van der Waals surface area contributed by atoms with Crippen LogP contribution in [0.1, 0.15) is 5.56 Å². The topological polar surface area (TPSA) is 93.4 Å². The largest absolute Gasteiger partial charge is 0.342 e. The van der Waals surface area contributed by atoms with Gasteiger partial charge in [-0.25, -0.2) is 22.2 Å². The smallest absolute Gasteiger partial charge is 0.241 e. The zero-order valence-electron chi connectivity index (χ0n) is 17.2. The van der Waals surface area contributed by atoms with Crippen LogP contribution in [0.25, 0.3) is 10.9 Å². The number of amides is 1. The molecule has 2 aromatic carbocycles. The number of nitrogens with zero attached hydrogens (tertiary/aromatic N) is 3. The van der Waals surface area contributed by atoms with E-state index in [2.05, 4.69) is 22.0 Å². The third kappa shape index (κ3) is 4.80. The van der Waals surface area contributed by atoms with E-state index < -0.39 is 38.0 Å². The first-order valence-electron chi connectivity index (χ1n) is 9.74. The molecule has 0 bridgehead atoms. The first kappa shape index (κ1) is 22.3. The number of carbonyl (C=O) groups excluding carboxylic acids is 1. The van der Waals surface area contributed by atoms with Gasteiger partial charge in [0.15, 0.2) is 9.84 Å². The lowest BCUT2D eigenvalue weighted by Gasteiger charge is -2.06. The van der Waals surface area contributed by atoms with Crippen molar-refractivity contribution < 1.29 is 22.0 Å². The quantitative estimate of drug-likeness (QED) is 0.413. The van der Waals surface area contributed by atoms with Crippen LogP contribution in [0.2, 0.25) is 0 Å². The molecule has 1 amide bonds. The second-order valence-corrected chi connectivity index (χ2v) is 9.21. The first-order chi connectivity index (χ1) is 15.8. The fourth-order valence-corrected chi connectivity index (χ4v) is 4.86. The third-order valence-corrected chi connectivity index (χ3v) is 6.52. The minimum absolute atomic E-state index is 0.0492. The van der Waals surface area contributed by atoms with E-state index in [0.717, 1.165) is 11.6 Å². The maximum atomic E-state index is 14.7. The standard InChI is InChI=1S/C23H18F2N4O3S/c1-26-17-6-4-5-15(9-17)12-29-13-20(23-18(25)10-16(24)11-19(23)29)33(31,32)14-22(30)28-21-7-2-3-8-27-21/h2-11,13H,1,12,14H2,(H,27,28,30). The van der Waals surface area contributed by atoms with Crippen molar-refractivity contribution in [2.24, 2.45) is 4.99 Å². The Morgan fingerprint density at radius 3 is 2.67 bits per heavy atom. The van der Waals surface area contributed by atoms with Crippen LogP contribution in [-0.2, 0) is 21.2 Å². The average Bonchev–Trinajstić information content (AvgIpc) is 3.13. The molecule has 0 fully saturated rings. The van der Waals surface area contributed by atoms with Gasteiger partial charge in [-0.3, -0.25) is 9.79 Å². The highest BCUT2D eigenvalue weighted by Gasteiger charge is 2.27. The van der Waals surface area contributed by atoms with Gasteiger partial charge in [0.25, 0.3) is 0 Å². The summed E-state index contributed by atoms with van der Waals surface area (Å²) >= 11 is 0. The van der Waals surface area contributed by atoms with Crippen LogP contribution < -0.4 is 5.32 Å². The van der Waals surface area contributed by atoms with E-state index in [0.29, 0.717) is 11.8 Å². The van der Waals surface area contributed by atoms with Gasteiger partial charge in [0.05, 0.1) is 21.5 Å². The molecule has 4 aromatic rings. The molecule has 10 heteroatoms. The minimum atomic E-state index is -4.28. The van der Waals surface area contributed by atoms with Crippen LogP contribution in [0.15, 0.2) is 76.9 Å². The van der Waals surface area contributed by atoms with Crippen molar-refractivity contribution in [2.45, 2.75) is 11.4 Å². The summed E-state index contributed by atoms with van der Waals surface area (Å²) in [5.74, 6) is -3.47. The first-order valence-corrected chi connectivity index (χ1v) is 11.4. The van der Waals surface area contributed by atoms with Gasteiger partial charge >= 0.3 is 0 Å². The Morgan fingerprint density at radius 1 is 1.12 bits per heavy atom. The summed E-state index contributed by atoms with van der Waals surface area (Å²) in [6.07, 6.45) is 2.66. The van der Waals surface area contributed by atoms with Crippen molar-refractivity contribution in [3.05, 3.63) is 84.2 Å². The van der Waals surface area contributed by atoms with E-state index in [1.807, 2.05) is 0 Å². The summed E-state index contributed by atoms with van der Waals surface area (Å²) in [4.78, 5) is 19.7. The van der Waals surface area contributed by atoms with Gasteiger partial charge in [-0.2, -0.15) is 0 Å². The lowest BCUT2D eigenvalue weighted by molar-refractivity contribution is -0.113. The minimum Gasteiger partial charge on any atom is -0.342 e. The van der Waals surface area contributed by atoms with E-state index in [1.165, 1.54) is 23.0 Å². The molecule has 0 unspecified atom stereocenters. The molecule has 0 spiro atoms. The molecule has 168 valence electrons. The van der Waals surface area contributed by atoms with E-state index in [9.17, 15) is 22.0 Å². The number of halogens is 2. The Bertz CT molecular complexity index is 1470. The molecular formula is C23H18F2N4O3S. The molecule has 0 atom stereocenters. The van der Waals surface area contributed by atoms with Crippen molar-refractivity contribution in [3.63, 3.8) is 0 Å². The second-order valence-electron chi connectivity index (χ2n) is 7.25. The molecule has 0 aliphatic rings. The molecule has 4 rings (SSSR count). The van der Waals surface area contributed by atoms with Gasteiger partial charge in [-0.1, -0.05) is 18.2 Å². The van der Waals surface area contributed by atoms with Gasteiger partial charge in [-0.15, -0.1) is 0 Å². The summed E-state index contributed by atoms with van der Waals surface area (Å²) in [6, 6.07) is 13.4. The normalized spacial score (nSPS) is 11.5. The number of aliphatic imine (C=N–C) groups is 1. The van der Waals surface area contributed by atoms with Crippen LogP contribution in [0, 0.1) is 11.6 Å². The highest BCUT2D eigenvalue weighted by Crippen LogP contribution is 2.31. The van der Waals surface area contributed by atoms with Crippen molar-refractivity contribution in [1.82, 2.24) is 9.55 Å². The molecule has 33 heavy (non-hydrogen) atoms. The SMILES string of the molecule is C=Nc1cccc(Cn2cc(S(=O)(=O)CC(=O)Nc3ccccn3)c3c(F)cc(F)cc32)c1. The fourth-order valence-electron chi connectivity index (χ4n) is 3.49. The molecule has 0 aliphatic carbocycles. The maximum Gasteiger partial charge on any atom is 0.241 e. The third-order valence-electron chi connectivity index (χ3n) is 4.90. The van der Waals surface area contributed by atoms with E-state index in [1.54, 1.807) is 36.4 Å². The summed E-state index contributed by atoms with van der Waals surface area (Å²) in [6.45, 7) is 3.59. The number of benzene rings is 2. The molecule has 0 saturated heterocycles. The van der Waals surface area contributed by atoms with E-state index in [4.69, 9.17) is 0 Å². The molecule has 7 nitrogen and oxygen atoms in total. The molecule has 2 heterocycles. The molecule has 0 saturated carbocycles. The number of rotatable bonds is 7. The number of hydrogen-bond acceptors (Lipinski definition) is 5. The number of aromatic nitrogens is 2.